The van der Waals surface area contributed by atoms with Gasteiger partial charge in [0.15, 0.2) is 0 Å². The maximum atomic E-state index is 12.0. The smallest absolute Gasteiger partial charge is 0.251 e. The Hall–Kier alpha value is -2.80. The number of hydrogen-bond donors (Lipinski definition) is 0. The van der Waals surface area contributed by atoms with E-state index in [0.717, 1.165) is 16.9 Å². The van der Waals surface area contributed by atoms with Gasteiger partial charge in [-0.05, 0) is 35.7 Å². The van der Waals surface area contributed by atoms with Gasteiger partial charge in [-0.2, -0.15) is 5.26 Å². The molecule has 4 nitrogen and oxygen atoms in total. The topological polar surface area (TPSA) is 55.0 Å². The molecule has 0 aliphatic heterocycles. The van der Waals surface area contributed by atoms with Crippen molar-refractivity contribution in [2.75, 3.05) is 7.11 Å². The van der Waals surface area contributed by atoms with Gasteiger partial charge in [0, 0.05) is 25.2 Å². The van der Waals surface area contributed by atoms with Crippen molar-refractivity contribution in [1.82, 2.24) is 4.57 Å². The number of aromatic nitrogens is 1. The zero-order chi connectivity index (χ0) is 15.8. The van der Waals surface area contributed by atoms with Crippen molar-refractivity contribution in [2.24, 2.45) is 0 Å². The second-order valence-corrected chi connectivity index (χ2v) is 4.86. The predicted molar refractivity (Wildman–Crippen MR) is 87.5 cm³/mol. The molecule has 0 unspecified atom stereocenters. The molecule has 0 N–H and O–H groups in total. The predicted octanol–water partition coefficient (Wildman–Crippen LogP) is 3.33. The van der Waals surface area contributed by atoms with Crippen LogP contribution in [0.4, 0.5) is 0 Å². The van der Waals surface area contributed by atoms with E-state index in [4.69, 9.17) is 10.00 Å². The van der Waals surface area contributed by atoms with Crippen molar-refractivity contribution < 1.29 is 4.74 Å². The lowest BCUT2D eigenvalue weighted by atomic mass is 10.1. The van der Waals surface area contributed by atoms with Gasteiger partial charge in [0.1, 0.15) is 5.75 Å². The van der Waals surface area contributed by atoms with Crippen LogP contribution in [0.5, 0.6) is 5.75 Å². The molecule has 22 heavy (non-hydrogen) atoms. The first-order valence-corrected chi connectivity index (χ1v) is 7.12. The molecular weight excluding hydrogens is 276 g/mol. The molecule has 0 aliphatic rings. The van der Waals surface area contributed by atoms with E-state index >= 15 is 0 Å². The highest BCUT2D eigenvalue weighted by atomic mass is 16.5. The van der Waals surface area contributed by atoms with Crippen molar-refractivity contribution in [2.45, 2.75) is 19.4 Å². The molecule has 0 amide bonds. The summed E-state index contributed by atoms with van der Waals surface area (Å²) >= 11 is 0. The fourth-order valence-electron chi connectivity index (χ4n) is 2.08. The van der Waals surface area contributed by atoms with Crippen LogP contribution in [0.2, 0.25) is 0 Å². The molecule has 0 saturated carbocycles. The molecule has 0 spiro atoms. The number of nitriles is 1. The molecule has 2 aromatic rings. The summed E-state index contributed by atoms with van der Waals surface area (Å²) in [5.74, 6) is 0.801. The van der Waals surface area contributed by atoms with Crippen molar-refractivity contribution in [3.05, 3.63) is 64.1 Å². The molecule has 1 aromatic heterocycles. The summed E-state index contributed by atoms with van der Waals surface area (Å²) in [6, 6.07) is 13.3. The lowest BCUT2D eigenvalue weighted by Crippen LogP contribution is -2.18. The van der Waals surface area contributed by atoms with Crippen LogP contribution in [0.3, 0.4) is 0 Å². The number of aryl methyl sites for hydroxylation is 1. The zero-order valence-corrected chi connectivity index (χ0v) is 12.5. The molecule has 0 fully saturated rings. The minimum atomic E-state index is -0.0502. The number of hydrogen-bond acceptors (Lipinski definition) is 3. The van der Waals surface area contributed by atoms with E-state index < -0.39 is 0 Å². The second kappa shape index (κ2) is 7.84. The molecule has 0 atom stereocenters. The van der Waals surface area contributed by atoms with E-state index in [1.807, 2.05) is 42.5 Å². The molecule has 112 valence electrons. The number of benzene rings is 1. The van der Waals surface area contributed by atoms with Crippen LogP contribution in [0.25, 0.3) is 12.2 Å². The molecule has 4 heteroatoms. The van der Waals surface area contributed by atoms with Gasteiger partial charge in [-0.15, -0.1) is 0 Å². The largest absolute Gasteiger partial charge is 0.497 e. The lowest BCUT2D eigenvalue weighted by molar-refractivity contribution is 0.414. The van der Waals surface area contributed by atoms with E-state index in [0.29, 0.717) is 19.4 Å². The third-order valence-corrected chi connectivity index (χ3v) is 3.27. The normalized spacial score (nSPS) is 10.5. The van der Waals surface area contributed by atoms with Crippen LogP contribution in [-0.4, -0.2) is 11.7 Å². The quantitative estimate of drug-likeness (QED) is 0.768. The second-order valence-electron chi connectivity index (χ2n) is 4.86. The number of unbranched alkanes of at least 4 members (excludes halogenated alkanes) is 1. The highest BCUT2D eigenvalue weighted by molar-refractivity contribution is 5.69. The first-order chi connectivity index (χ1) is 10.7. The highest BCUT2D eigenvalue weighted by Gasteiger charge is 1.97. The summed E-state index contributed by atoms with van der Waals surface area (Å²) in [5.41, 5.74) is 1.81. The van der Waals surface area contributed by atoms with Crippen molar-refractivity contribution in [3.8, 4) is 11.8 Å². The maximum Gasteiger partial charge on any atom is 0.251 e. The molecule has 1 aromatic carbocycles. The standard InChI is InChI=1S/C18H18N2O2/c1-22-17-6-4-5-15(13-17)7-8-16-9-12-20(18(21)14-16)11-3-2-10-19/h4-9,12-14H,2-3,11H2,1H3/b8-7+. The minimum Gasteiger partial charge on any atom is -0.497 e. The van der Waals surface area contributed by atoms with Crippen molar-refractivity contribution in [1.29, 1.82) is 5.26 Å². The molecular formula is C18H18N2O2. The van der Waals surface area contributed by atoms with Gasteiger partial charge in [-0.1, -0.05) is 24.3 Å². The van der Waals surface area contributed by atoms with E-state index in [2.05, 4.69) is 6.07 Å². The van der Waals surface area contributed by atoms with Gasteiger partial charge in [0.05, 0.1) is 13.2 Å². The van der Waals surface area contributed by atoms with Crippen LogP contribution in [-0.2, 0) is 6.54 Å². The summed E-state index contributed by atoms with van der Waals surface area (Å²) < 4.78 is 6.80. The number of rotatable bonds is 6. The number of ether oxygens (including phenoxy) is 1. The summed E-state index contributed by atoms with van der Waals surface area (Å²) in [7, 11) is 1.63. The SMILES string of the molecule is COc1cccc(/C=C/c2ccn(CCCC#N)c(=O)c2)c1. The van der Waals surface area contributed by atoms with Crippen molar-refractivity contribution in [3.63, 3.8) is 0 Å². The van der Waals surface area contributed by atoms with Crippen LogP contribution in [0.1, 0.15) is 24.0 Å². The monoisotopic (exact) mass is 294 g/mol. The van der Waals surface area contributed by atoms with Gasteiger partial charge in [-0.25, -0.2) is 0 Å². The molecule has 2 rings (SSSR count). The summed E-state index contributed by atoms with van der Waals surface area (Å²) in [6.07, 6.45) is 6.76. The van der Waals surface area contributed by atoms with Gasteiger partial charge < -0.3 is 9.30 Å². The Morgan fingerprint density at radius 1 is 1.23 bits per heavy atom. The fraction of sp³-hybridized carbons (Fsp3) is 0.222. The average Bonchev–Trinajstić information content (AvgIpc) is 2.55. The number of pyridine rings is 1. The van der Waals surface area contributed by atoms with E-state index in [1.165, 1.54) is 0 Å². The summed E-state index contributed by atoms with van der Waals surface area (Å²) in [4.78, 5) is 12.0. The van der Waals surface area contributed by atoms with E-state index in [1.54, 1.807) is 23.9 Å². The highest BCUT2D eigenvalue weighted by Crippen LogP contribution is 2.14. The molecule has 0 bridgehead atoms. The first kappa shape index (κ1) is 15.6. The summed E-state index contributed by atoms with van der Waals surface area (Å²) in [6.45, 7) is 0.576. The molecule has 1 heterocycles. The van der Waals surface area contributed by atoms with Crippen LogP contribution in [0, 0.1) is 11.3 Å². The fourth-order valence-corrected chi connectivity index (χ4v) is 2.08. The Balaban J connectivity index is 2.10. The van der Waals surface area contributed by atoms with Gasteiger partial charge in [0.25, 0.3) is 5.56 Å². The maximum absolute atomic E-state index is 12.0. The molecule has 0 aliphatic carbocycles. The first-order valence-electron chi connectivity index (χ1n) is 7.12. The third kappa shape index (κ3) is 4.35. The Labute approximate surface area is 129 Å². The van der Waals surface area contributed by atoms with Gasteiger partial charge in [0.2, 0.25) is 0 Å². The Morgan fingerprint density at radius 3 is 2.68 bits per heavy atom. The number of methoxy groups -OCH3 is 1. The van der Waals surface area contributed by atoms with Crippen LogP contribution >= 0.6 is 0 Å². The Morgan fingerprint density at radius 2 is 2.00 bits per heavy atom. The van der Waals surface area contributed by atoms with Crippen LogP contribution < -0.4 is 10.3 Å². The van der Waals surface area contributed by atoms with Crippen molar-refractivity contribution >= 4 is 12.2 Å². The number of nitrogens with zero attached hydrogens (tertiary/aromatic N) is 2. The summed E-state index contributed by atoms with van der Waals surface area (Å²) in [5, 5.41) is 8.52. The minimum absolute atomic E-state index is 0.0502. The average molecular weight is 294 g/mol. The Kier molecular flexibility index (Phi) is 5.56. The van der Waals surface area contributed by atoms with Crippen LogP contribution in [0.15, 0.2) is 47.4 Å². The van der Waals surface area contributed by atoms with Gasteiger partial charge >= 0.3 is 0 Å². The van der Waals surface area contributed by atoms with E-state index in [-0.39, 0.29) is 5.56 Å². The third-order valence-electron chi connectivity index (χ3n) is 3.27. The van der Waals surface area contributed by atoms with Gasteiger partial charge in [-0.3, -0.25) is 4.79 Å². The zero-order valence-electron chi connectivity index (χ0n) is 12.5. The van der Waals surface area contributed by atoms with E-state index in [9.17, 15) is 4.79 Å². The molecule has 0 radical (unpaired) electrons. The lowest BCUT2D eigenvalue weighted by Gasteiger charge is -2.04. The Bertz CT molecular complexity index is 754. The molecule has 0 saturated heterocycles.